The van der Waals surface area contributed by atoms with Crippen molar-refractivity contribution in [2.75, 3.05) is 13.2 Å². The number of ether oxygens (including phenoxy) is 1. The van der Waals surface area contributed by atoms with Gasteiger partial charge in [0.05, 0.1) is 13.5 Å². The molecule has 0 aliphatic rings. The summed E-state index contributed by atoms with van der Waals surface area (Å²) in [6, 6.07) is 0. The van der Waals surface area contributed by atoms with Crippen molar-refractivity contribution < 1.29 is 17.1 Å². The molecule has 1 N–H and O–H groups in total. The Kier molecular flexibility index (Phi) is 9.41. The Morgan fingerprint density at radius 3 is 2.56 bits per heavy atom. The van der Waals surface area contributed by atoms with Gasteiger partial charge in [0.2, 0.25) is 5.95 Å². The van der Waals surface area contributed by atoms with Gasteiger partial charge in [0.1, 0.15) is 6.08 Å². The van der Waals surface area contributed by atoms with Gasteiger partial charge in [-0.2, -0.15) is 5.79 Å². The molecule has 0 fully saturated rings. The van der Waals surface area contributed by atoms with E-state index in [0.29, 0.717) is 12.6 Å². The third-order valence-corrected chi connectivity index (χ3v) is 3.02. The fourth-order valence-electron chi connectivity index (χ4n) is 1.01. The lowest BCUT2D eigenvalue weighted by molar-refractivity contribution is 0.0935. The van der Waals surface area contributed by atoms with Crippen molar-refractivity contribution >= 4 is 20.6 Å². The molecule has 0 heterocycles. The Bertz CT molecular complexity index is 228. The fraction of sp³-hybridized carbons (Fsp3) is 0.727. The van der Waals surface area contributed by atoms with Gasteiger partial charge < -0.3 is 12.3 Å². The average Bonchev–Trinajstić information content (AvgIpc) is 2.17. The van der Waals surface area contributed by atoms with Crippen LogP contribution >= 0.6 is 0 Å². The maximum atomic E-state index is 9.13. The minimum Gasteiger partial charge on any atom is -0.769 e. The van der Waals surface area contributed by atoms with Crippen molar-refractivity contribution in [3.8, 4) is 0 Å². The lowest BCUT2D eigenvalue weighted by Crippen LogP contribution is -2.20. The minimum absolute atomic E-state index is 0.165. The van der Waals surface area contributed by atoms with E-state index in [1.165, 1.54) is 6.08 Å². The zero-order chi connectivity index (χ0) is 12.4. The van der Waals surface area contributed by atoms with E-state index in [1.54, 1.807) is 6.92 Å². The van der Waals surface area contributed by atoms with E-state index in [9.17, 15) is 0 Å². The molecule has 0 unspecified atom stereocenters. The van der Waals surface area contributed by atoms with Crippen LogP contribution < -0.4 is 0 Å². The van der Waals surface area contributed by atoms with Crippen LogP contribution in [0.25, 0.3) is 0 Å². The van der Waals surface area contributed by atoms with E-state index < -0.39 is 14.8 Å². The molecule has 0 amide bonds. The normalized spacial score (nSPS) is 11.7. The summed E-state index contributed by atoms with van der Waals surface area (Å²) >= 11 is -1.70. The van der Waals surface area contributed by atoms with Crippen LogP contribution in [-0.4, -0.2) is 38.6 Å². The Morgan fingerprint density at radius 2 is 2.06 bits per heavy atom. The Balaban J connectivity index is 4.02. The van der Waals surface area contributed by atoms with Crippen LogP contribution in [-0.2, 0) is 12.3 Å². The molecule has 0 bridgehead atoms. The topological polar surface area (TPSA) is 49.1 Å². The van der Waals surface area contributed by atoms with Gasteiger partial charge in [-0.1, -0.05) is 13.3 Å². The molecule has 0 rings (SSSR count). The third kappa shape index (κ3) is 8.78. The summed E-state index contributed by atoms with van der Waals surface area (Å²) in [5, 5.41) is 0. The van der Waals surface area contributed by atoms with Gasteiger partial charge in [-0.05, 0) is 20.0 Å². The average molecular weight is 245 g/mol. The summed E-state index contributed by atoms with van der Waals surface area (Å²) in [5.41, 5.74) is 0. The lowest BCUT2D eigenvalue weighted by atomic mass is 10.4. The van der Waals surface area contributed by atoms with Gasteiger partial charge in [0, 0.05) is 0 Å². The zero-order valence-electron chi connectivity index (χ0n) is 10.7. The molecule has 0 saturated carbocycles. The summed E-state index contributed by atoms with van der Waals surface area (Å²) < 4.78 is 16.3. The monoisotopic (exact) mass is 245 g/mol. The van der Waals surface area contributed by atoms with E-state index in [1.807, 2.05) is 12.7 Å². The van der Waals surface area contributed by atoms with Crippen LogP contribution in [0.5, 0.6) is 0 Å². The maximum absolute atomic E-state index is 9.13. The van der Waals surface area contributed by atoms with Gasteiger partial charge in [-0.25, -0.2) is 0 Å². The van der Waals surface area contributed by atoms with Crippen molar-refractivity contribution in [1.82, 2.24) is 0 Å². The van der Waals surface area contributed by atoms with E-state index in [-0.39, 0.29) is 5.78 Å². The molecule has 5 heteroatoms. The minimum atomic E-state index is -1.70. The highest BCUT2D eigenvalue weighted by Gasteiger charge is 2.06. The second-order valence-electron chi connectivity index (χ2n) is 3.45. The molecule has 16 heavy (non-hydrogen) atoms. The summed E-state index contributed by atoms with van der Waals surface area (Å²) in [6.07, 6.45) is 3.62. The van der Waals surface area contributed by atoms with Crippen LogP contribution in [0.4, 0.5) is 0 Å². The molecule has 0 aromatic rings. The predicted octanol–water partition coefficient (Wildman–Crippen LogP) is 2.38. The van der Waals surface area contributed by atoms with E-state index in [2.05, 4.69) is 6.92 Å². The first kappa shape index (κ1) is 15.5. The van der Waals surface area contributed by atoms with Crippen molar-refractivity contribution in [2.45, 2.75) is 39.4 Å². The van der Waals surface area contributed by atoms with Gasteiger partial charge in [0.15, 0.2) is 0 Å². The molecule has 0 aromatic carbocycles. The highest BCUT2D eigenvalue weighted by atomic mass is 27.2. The van der Waals surface area contributed by atoms with Crippen molar-refractivity contribution in [3.05, 3.63) is 12.0 Å². The second kappa shape index (κ2) is 9.71. The summed E-state index contributed by atoms with van der Waals surface area (Å²) in [7, 11) is 0. The van der Waals surface area contributed by atoms with Crippen LogP contribution in [0.3, 0.4) is 0 Å². The second-order valence-corrected chi connectivity index (χ2v) is 5.15. The van der Waals surface area contributed by atoms with Gasteiger partial charge in [-0.3, -0.25) is 4.79 Å². The highest BCUT2D eigenvalue weighted by molar-refractivity contribution is 6.42. The molecule has 93 valence electrons. The molecule has 0 atom stereocenters. The molecule has 0 saturated heterocycles. The molecule has 1 radical (unpaired) electrons. The molecule has 0 aromatic heterocycles. The maximum Gasteiger partial charge on any atom is 0.427 e. The van der Waals surface area contributed by atoms with E-state index >= 15 is 0 Å². The van der Waals surface area contributed by atoms with Crippen LogP contribution in [0.2, 0.25) is 5.79 Å². The Morgan fingerprint density at radius 1 is 1.38 bits per heavy atom. The van der Waals surface area contributed by atoms with Gasteiger partial charge >= 0.3 is 20.6 Å². The number of allylic oxidation sites excluding steroid dienone is 1. The Hall–Kier alpha value is -0.498. The van der Waals surface area contributed by atoms with Gasteiger partial charge in [0.25, 0.3) is 0 Å². The number of hydrogen-bond acceptors (Lipinski definition) is 3. The van der Waals surface area contributed by atoms with Crippen LogP contribution in [0.15, 0.2) is 12.0 Å². The zero-order valence-corrected chi connectivity index (χ0v) is 11.8. The van der Waals surface area contributed by atoms with Gasteiger partial charge in [-0.15, -0.1) is 0 Å². The van der Waals surface area contributed by atoms with Crippen LogP contribution in [0, 0.1) is 0 Å². The molecule has 0 aliphatic carbocycles. The SMILES string of the molecule is CCCC[O][Al-]([CH3])[O]C(=CC(C)=[OH+])OCC. The number of unbranched alkanes of at least 4 members (excludes halogenated alkanes) is 1. The molecular formula is C11H22AlO4. The smallest absolute Gasteiger partial charge is 0.427 e. The summed E-state index contributed by atoms with van der Waals surface area (Å²) in [5.74, 6) is 2.45. The molecule has 4 nitrogen and oxygen atoms in total. The molecule has 0 spiro atoms. The standard InChI is InChI=1S/C6H10O3.C4H9O.CH3.Al/c1-3-9-6(8)4-5(2)7;1-2-3-4-5;;/h4,8H,3H2,1-2H3;2-4H2,1H3;1H3;/q;-1;;+1. The Labute approximate surface area is 103 Å². The lowest BCUT2D eigenvalue weighted by Gasteiger charge is -2.27. The quantitative estimate of drug-likeness (QED) is 0.206. The van der Waals surface area contributed by atoms with E-state index in [4.69, 9.17) is 17.1 Å². The number of ketones is 1. The number of rotatable bonds is 9. The summed E-state index contributed by atoms with van der Waals surface area (Å²) in [6.45, 7) is 6.80. The third-order valence-electron chi connectivity index (χ3n) is 1.75. The van der Waals surface area contributed by atoms with E-state index in [0.717, 1.165) is 19.4 Å². The fourth-order valence-corrected chi connectivity index (χ4v) is 2.04. The first-order chi connectivity index (χ1) is 7.60. The molecular weight excluding hydrogens is 223 g/mol. The predicted molar refractivity (Wildman–Crippen MR) is 65.9 cm³/mol. The van der Waals surface area contributed by atoms with Crippen molar-refractivity contribution in [1.29, 1.82) is 0 Å². The summed E-state index contributed by atoms with van der Waals surface area (Å²) in [4.78, 5) is 9.13. The number of hydrogen-bond donors (Lipinski definition) is 0. The van der Waals surface area contributed by atoms with Crippen molar-refractivity contribution in [3.63, 3.8) is 0 Å². The van der Waals surface area contributed by atoms with Crippen molar-refractivity contribution in [2.24, 2.45) is 0 Å². The van der Waals surface area contributed by atoms with Crippen LogP contribution in [0.1, 0.15) is 33.6 Å². The largest absolute Gasteiger partial charge is 0.769 e. The number of carbonyl (C=O) groups excluding carboxylic acids is 1. The first-order valence-corrected chi connectivity index (χ1v) is 7.85. The first-order valence-electron chi connectivity index (χ1n) is 5.75. The highest BCUT2D eigenvalue weighted by Crippen LogP contribution is 2.04. The molecule has 0 aliphatic heterocycles.